The van der Waals surface area contributed by atoms with Gasteiger partial charge in [-0.3, -0.25) is 4.99 Å². The Bertz CT molecular complexity index is 615. The third-order valence-electron chi connectivity index (χ3n) is 4.82. The molecule has 2 aliphatic rings. The van der Waals surface area contributed by atoms with Crippen molar-refractivity contribution in [3.05, 3.63) is 35.4 Å². The van der Waals surface area contributed by atoms with Gasteiger partial charge in [-0.1, -0.05) is 12.1 Å². The molecule has 136 valence electrons. The van der Waals surface area contributed by atoms with Gasteiger partial charge in [0.1, 0.15) is 0 Å². The van der Waals surface area contributed by atoms with E-state index in [1.807, 2.05) is 12.1 Å². The summed E-state index contributed by atoms with van der Waals surface area (Å²) in [5.41, 5.74) is 1.72. The maximum atomic E-state index is 11.4. The van der Waals surface area contributed by atoms with E-state index in [0.29, 0.717) is 30.4 Å². The van der Waals surface area contributed by atoms with E-state index in [9.17, 15) is 4.79 Å². The van der Waals surface area contributed by atoms with Crippen LogP contribution in [0.25, 0.3) is 0 Å². The Morgan fingerprint density at radius 2 is 2.12 bits per heavy atom. The molecule has 0 spiro atoms. The number of hydrogen-bond donors (Lipinski definition) is 2. The van der Waals surface area contributed by atoms with Gasteiger partial charge in [-0.2, -0.15) is 0 Å². The fourth-order valence-corrected chi connectivity index (χ4v) is 3.51. The number of ether oxygens (including phenoxy) is 2. The highest BCUT2D eigenvalue weighted by molar-refractivity contribution is 5.89. The van der Waals surface area contributed by atoms with Crippen molar-refractivity contribution in [3.63, 3.8) is 0 Å². The molecule has 6 nitrogen and oxygen atoms in total. The maximum Gasteiger partial charge on any atom is 0.337 e. The second kappa shape index (κ2) is 8.34. The number of benzene rings is 1. The van der Waals surface area contributed by atoms with Gasteiger partial charge >= 0.3 is 5.97 Å². The van der Waals surface area contributed by atoms with Crippen LogP contribution in [-0.2, 0) is 15.9 Å². The summed E-state index contributed by atoms with van der Waals surface area (Å²) < 4.78 is 10.6. The third-order valence-corrected chi connectivity index (χ3v) is 4.82. The molecule has 1 aromatic rings. The minimum Gasteiger partial charge on any atom is -0.465 e. The lowest BCUT2D eigenvalue weighted by Crippen LogP contribution is -2.47. The Morgan fingerprint density at radius 3 is 2.72 bits per heavy atom. The number of nitrogens with one attached hydrogen (secondary N) is 2. The van der Waals surface area contributed by atoms with Crippen LogP contribution in [0.3, 0.4) is 0 Å². The summed E-state index contributed by atoms with van der Waals surface area (Å²) in [5, 5.41) is 6.83. The molecule has 1 aromatic carbocycles. The Hall–Kier alpha value is -2.08. The van der Waals surface area contributed by atoms with Gasteiger partial charge in [0.2, 0.25) is 0 Å². The molecular formula is C19H27N3O3. The maximum absolute atomic E-state index is 11.4. The molecule has 2 bridgehead atoms. The fraction of sp³-hybridized carbons (Fsp3) is 0.579. The van der Waals surface area contributed by atoms with Crippen molar-refractivity contribution in [1.82, 2.24) is 10.6 Å². The summed E-state index contributed by atoms with van der Waals surface area (Å²) in [6, 6.07) is 7.86. The number of carbonyl (C=O) groups is 1. The summed E-state index contributed by atoms with van der Waals surface area (Å²) in [5.74, 6) is 0.547. The van der Waals surface area contributed by atoms with Gasteiger partial charge in [0.05, 0.1) is 30.9 Å². The van der Waals surface area contributed by atoms with E-state index in [0.717, 1.165) is 37.3 Å². The lowest BCUT2D eigenvalue weighted by molar-refractivity contribution is 0.0600. The predicted molar refractivity (Wildman–Crippen MR) is 96.9 cm³/mol. The number of rotatable bonds is 6. The molecule has 25 heavy (non-hydrogen) atoms. The van der Waals surface area contributed by atoms with Gasteiger partial charge in [-0.25, -0.2) is 4.79 Å². The van der Waals surface area contributed by atoms with Crippen LogP contribution in [0.2, 0.25) is 0 Å². The predicted octanol–water partition coefficient (Wildman–Crippen LogP) is 1.89. The smallest absolute Gasteiger partial charge is 0.337 e. The highest BCUT2D eigenvalue weighted by Crippen LogP contribution is 2.34. The first kappa shape index (κ1) is 17.7. The molecule has 6 heteroatoms. The Balaban J connectivity index is 1.52. The minimum absolute atomic E-state index is 0.309. The molecule has 3 rings (SSSR count). The monoisotopic (exact) mass is 345 g/mol. The zero-order valence-electron chi connectivity index (χ0n) is 15.0. The van der Waals surface area contributed by atoms with Gasteiger partial charge in [0, 0.05) is 13.1 Å². The Kier molecular flexibility index (Phi) is 5.91. The van der Waals surface area contributed by atoms with Crippen LogP contribution in [-0.4, -0.2) is 50.4 Å². The van der Waals surface area contributed by atoms with Gasteiger partial charge in [0.25, 0.3) is 0 Å². The Labute approximate surface area is 149 Å². The topological polar surface area (TPSA) is 72.0 Å². The summed E-state index contributed by atoms with van der Waals surface area (Å²) in [4.78, 5) is 16.1. The minimum atomic E-state index is -0.309. The number of aliphatic imine (C=N–C) groups is 1. The van der Waals surface area contributed by atoms with Gasteiger partial charge in [-0.15, -0.1) is 0 Å². The molecule has 2 heterocycles. The molecule has 0 amide bonds. The largest absolute Gasteiger partial charge is 0.465 e. The normalized spacial score (nSPS) is 25.0. The quantitative estimate of drug-likeness (QED) is 0.468. The molecule has 2 N–H and O–H groups in total. The van der Waals surface area contributed by atoms with Crippen molar-refractivity contribution in [3.8, 4) is 0 Å². The summed E-state index contributed by atoms with van der Waals surface area (Å²) in [7, 11) is 1.39. The first-order valence-electron chi connectivity index (χ1n) is 9.07. The zero-order valence-corrected chi connectivity index (χ0v) is 15.0. The molecule has 2 fully saturated rings. The highest BCUT2D eigenvalue weighted by Gasteiger charge is 2.41. The summed E-state index contributed by atoms with van der Waals surface area (Å²) in [6.45, 7) is 3.59. The molecule has 0 radical (unpaired) electrons. The molecule has 0 aromatic heterocycles. The number of esters is 1. The van der Waals surface area contributed by atoms with Crippen molar-refractivity contribution in [2.24, 2.45) is 4.99 Å². The second-order valence-electron chi connectivity index (χ2n) is 6.56. The lowest BCUT2D eigenvalue weighted by atomic mass is 9.96. The van der Waals surface area contributed by atoms with E-state index in [4.69, 9.17) is 9.47 Å². The average molecular weight is 345 g/mol. The van der Waals surface area contributed by atoms with E-state index < -0.39 is 0 Å². The zero-order chi connectivity index (χ0) is 17.6. The molecular weight excluding hydrogens is 318 g/mol. The van der Waals surface area contributed by atoms with Crippen LogP contribution in [0.4, 0.5) is 0 Å². The van der Waals surface area contributed by atoms with E-state index in [2.05, 4.69) is 22.5 Å². The van der Waals surface area contributed by atoms with Crippen LogP contribution >= 0.6 is 0 Å². The number of guanidine groups is 1. The van der Waals surface area contributed by atoms with Crippen molar-refractivity contribution in [2.75, 3.05) is 20.2 Å². The summed E-state index contributed by atoms with van der Waals surface area (Å²) in [6.07, 6.45) is 5.00. The lowest BCUT2D eigenvalue weighted by Gasteiger charge is -2.22. The van der Waals surface area contributed by atoms with Crippen LogP contribution in [0.5, 0.6) is 0 Å². The van der Waals surface area contributed by atoms with Crippen molar-refractivity contribution >= 4 is 11.9 Å². The first-order valence-corrected chi connectivity index (χ1v) is 9.07. The van der Waals surface area contributed by atoms with E-state index in [1.165, 1.54) is 13.5 Å². The van der Waals surface area contributed by atoms with Gasteiger partial charge < -0.3 is 20.1 Å². The third kappa shape index (κ3) is 4.51. The van der Waals surface area contributed by atoms with Crippen molar-refractivity contribution < 1.29 is 14.3 Å². The van der Waals surface area contributed by atoms with Gasteiger partial charge in [0.15, 0.2) is 5.96 Å². The number of nitrogens with zero attached hydrogens (tertiary/aromatic N) is 1. The summed E-state index contributed by atoms with van der Waals surface area (Å²) >= 11 is 0. The first-order chi connectivity index (χ1) is 12.2. The van der Waals surface area contributed by atoms with E-state index >= 15 is 0 Å². The van der Waals surface area contributed by atoms with E-state index in [-0.39, 0.29) is 5.97 Å². The number of methoxy groups -OCH3 is 1. The number of hydrogen-bond acceptors (Lipinski definition) is 4. The number of carbonyl (C=O) groups excluding carboxylic acids is 1. The van der Waals surface area contributed by atoms with Crippen molar-refractivity contribution in [1.29, 1.82) is 0 Å². The van der Waals surface area contributed by atoms with Crippen LogP contribution in [0.1, 0.15) is 42.1 Å². The van der Waals surface area contributed by atoms with Crippen LogP contribution < -0.4 is 10.6 Å². The molecule has 0 aliphatic carbocycles. The standard InChI is InChI=1S/C19H27N3O3/c1-3-20-19(22-16-12-15-8-9-17(16)25-15)21-11-10-13-4-6-14(7-5-13)18(23)24-2/h4-7,15-17H,3,8-12H2,1-2H3,(H2,20,21,22). The van der Waals surface area contributed by atoms with Crippen molar-refractivity contribution in [2.45, 2.75) is 50.9 Å². The van der Waals surface area contributed by atoms with Gasteiger partial charge in [-0.05, 0) is 50.3 Å². The molecule has 0 saturated carbocycles. The second-order valence-corrected chi connectivity index (χ2v) is 6.56. The molecule has 2 aliphatic heterocycles. The molecule has 3 unspecified atom stereocenters. The van der Waals surface area contributed by atoms with Crippen LogP contribution in [0.15, 0.2) is 29.3 Å². The SMILES string of the molecule is CCNC(=NCCc1ccc(C(=O)OC)cc1)NC1CC2CCC1O2. The Morgan fingerprint density at radius 1 is 1.32 bits per heavy atom. The fourth-order valence-electron chi connectivity index (χ4n) is 3.51. The van der Waals surface area contributed by atoms with E-state index in [1.54, 1.807) is 12.1 Å². The number of fused-ring (bicyclic) bond motifs is 2. The molecule has 2 saturated heterocycles. The van der Waals surface area contributed by atoms with Crippen LogP contribution in [0, 0.1) is 0 Å². The molecule has 3 atom stereocenters. The average Bonchev–Trinajstić information content (AvgIpc) is 3.25. The highest BCUT2D eigenvalue weighted by atomic mass is 16.5.